The van der Waals surface area contributed by atoms with Gasteiger partial charge in [-0.25, -0.2) is 0 Å². The number of aliphatic hydroxyl groups is 1. The number of unbranched alkanes of at least 4 members (excludes halogenated alkanes) is 1. The molecule has 3 aliphatic rings. The average Bonchev–Trinajstić information content (AvgIpc) is 3.47. The number of nitrogens with zero attached hydrogens (tertiary/aromatic N) is 2. The SMILES string of the molecule is C=CCCCOC(=O)[C@H]1[C@H]2C(=O)N(CCCO)C(C(=O)N(CC=C)C(C)CCC)C23CC[C@]1(CC)O3. The summed E-state index contributed by atoms with van der Waals surface area (Å²) in [4.78, 5) is 45.0. The molecule has 3 unspecified atom stereocenters. The van der Waals surface area contributed by atoms with E-state index in [4.69, 9.17) is 9.47 Å². The van der Waals surface area contributed by atoms with Gasteiger partial charge in [0.25, 0.3) is 0 Å². The van der Waals surface area contributed by atoms with Crippen LogP contribution in [0.5, 0.6) is 0 Å². The maximum Gasteiger partial charge on any atom is 0.312 e. The predicted octanol–water partition coefficient (Wildman–Crippen LogP) is 3.24. The molecule has 3 heterocycles. The molecule has 2 amide bonds. The molecular weight excluding hydrogens is 460 g/mol. The third-order valence-electron chi connectivity index (χ3n) is 8.37. The molecule has 0 aromatic heterocycles. The lowest BCUT2D eigenvalue weighted by Crippen LogP contribution is -2.58. The van der Waals surface area contributed by atoms with E-state index in [0.29, 0.717) is 38.6 Å². The molecule has 0 radical (unpaired) electrons. The van der Waals surface area contributed by atoms with Crippen molar-refractivity contribution in [2.75, 3.05) is 26.3 Å². The van der Waals surface area contributed by atoms with Gasteiger partial charge in [-0.3, -0.25) is 14.4 Å². The number of carbonyl (C=O) groups is 3. The highest BCUT2D eigenvalue weighted by atomic mass is 16.6. The molecule has 3 aliphatic heterocycles. The van der Waals surface area contributed by atoms with Crippen LogP contribution < -0.4 is 0 Å². The highest BCUT2D eigenvalue weighted by Gasteiger charge is 2.79. The minimum absolute atomic E-state index is 0.0323. The van der Waals surface area contributed by atoms with Crippen molar-refractivity contribution in [3.63, 3.8) is 0 Å². The van der Waals surface area contributed by atoms with Crippen molar-refractivity contribution in [3.8, 4) is 0 Å². The fraction of sp³-hybridized carbons (Fsp3) is 0.750. The predicted molar refractivity (Wildman–Crippen MR) is 137 cm³/mol. The molecule has 1 spiro atoms. The molecule has 6 atom stereocenters. The fourth-order valence-corrected chi connectivity index (χ4v) is 6.68. The molecule has 1 N–H and O–H groups in total. The average molecular weight is 505 g/mol. The summed E-state index contributed by atoms with van der Waals surface area (Å²) in [6.45, 7) is 14.4. The molecule has 8 heteroatoms. The number of ether oxygens (including phenoxy) is 2. The van der Waals surface area contributed by atoms with Crippen LogP contribution in [0.3, 0.4) is 0 Å². The third kappa shape index (κ3) is 4.74. The second-order valence-electron chi connectivity index (χ2n) is 10.5. The Morgan fingerprint density at radius 3 is 2.64 bits per heavy atom. The highest BCUT2D eigenvalue weighted by Crippen LogP contribution is 2.64. The van der Waals surface area contributed by atoms with E-state index in [9.17, 15) is 19.5 Å². The summed E-state index contributed by atoms with van der Waals surface area (Å²) in [5.41, 5.74) is -1.88. The van der Waals surface area contributed by atoms with E-state index in [2.05, 4.69) is 20.1 Å². The number of hydrogen-bond acceptors (Lipinski definition) is 6. The van der Waals surface area contributed by atoms with Gasteiger partial charge in [-0.1, -0.05) is 32.4 Å². The van der Waals surface area contributed by atoms with Gasteiger partial charge in [0.2, 0.25) is 11.8 Å². The van der Waals surface area contributed by atoms with E-state index in [-0.39, 0.29) is 37.6 Å². The molecule has 2 bridgehead atoms. The molecule has 3 rings (SSSR count). The van der Waals surface area contributed by atoms with Crippen molar-refractivity contribution in [1.82, 2.24) is 9.80 Å². The molecule has 3 fully saturated rings. The Balaban J connectivity index is 2.01. The molecule has 0 aromatic rings. The number of hydrogen-bond donors (Lipinski definition) is 1. The van der Waals surface area contributed by atoms with Crippen molar-refractivity contribution in [2.45, 2.75) is 95.4 Å². The molecule has 3 saturated heterocycles. The van der Waals surface area contributed by atoms with E-state index >= 15 is 0 Å². The summed E-state index contributed by atoms with van der Waals surface area (Å²) in [5.74, 6) is -2.35. The number of aliphatic hydroxyl groups excluding tert-OH is 1. The van der Waals surface area contributed by atoms with Crippen LogP contribution in [-0.2, 0) is 23.9 Å². The summed E-state index contributed by atoms with van der Waals surface area (Å²) in [5, 5.41) is 9.52. The van der Waals surface area contributed by atoms with Crippen LogP contribution in [0.25, 0.3) is 0 Å². The lowest BCUT2D eigenvalue weighted by atomic mass is 9.65. The van der Waals surface area contributed by atoms with Crippen molar-refractivity contribution in [1.29, 1.82) is 0 Å². The maximum absolute atomic E-state index is 14.2. The Morgan fingerprint density at radius 2 is 2.03 bits per heavy atom. The minimum Gasteiger partial charge on any atom is -0.465 e. The fourth-order valence-electron chi connectivity index (χ4n) is 6.68. The normalized spacial score (nSPS) is 31.3. The van der Waals surface area contributed by atoms with Crippen LogP contribution in [0.15, 0.2) is 25.3 Å². The van der Waals surface area contributed by atoms with Gasteiger partial charge in [-0.05, 0) is 51.9 Å². The van der Waals surface area contributed by atoms with E-state index in [0.717, 1.165) is 19.3 Å². The first kappa shape index (κ1) is 28.4. The Hall–Kier alpha value is -2.19. The van der Waals surface area contributed by atoms with Gasteiger partial charge in [-0.15, -0.1) is 13.2 Å². The maximum atomic E-state index is 14.2. The van der Waals surface area contributed by atoms with Crippen molar-refractivity contribution in [3.05, 3.63) is 25.3 Å². The third-order valence-corrected chi connectivity index (χ3v) is 8.37. The van der Waals surface area contributed by atoms with Crippen LogP contribution in [0.2, 0.25) is 0 Å². The first-order chi connectivity index (χ1) is 17.3. The molecule has 36 heavy (non-hydrogen) atoms. The number of esters is 1. The van der Waals surface area contributed by atoms with Gasteiger partial charge < -0.3 is 24.4 Å². The van der Waals surface area contributed by atoms with Gasteiger partial charge >= 0.3 is 5.97 Å². The number of carbonyl (C=O) groups excluding carboxylic acids is 3. The summed E-state index contributed by atoms with van der Waals surface area (Å²) in [6, 6.07) is -0.872. The van der Waals surface area contributed by atoms with Gasteiger partial charge in [0.05, 0.1) is 18.1 Å². The van der Waals surface area contributed by atoms with Crippen molar-refractivity contribution in [2.24, 2.45) is 11.8 Å². The molecule has 0 saturated carbocycles. The Labute approximate surface area is 215 Å². The summed E-state index contributed by atoms with van der Waals surface area (Å²) < 4.78 is 12.4. The van der Waals surface area contributed by atoms with Crippen molar-refractivity contribution < 1.29 is 29.0 Å². The van der Waals surface area contributed by atoms with E-state index in [1.165, 1.54) is 0 Å². The van der Waals surface area contributed by atoms with E-state index in [1.54, 1.807) is 22.0 Å². The smallest absolute Gasteiger partial charge is 0.312 e. The van der Waals surface area contributed by atoms with Gasteiger partial charge in [0, 0.05) is 25.7 Å². The molecule has 0 aromatic carbocycles. The van der Waals surface area contributed by atoms with Crippen LogP contribution in [0.1, 0.15) is 72.1 Å². The lowest BCUT2D eigenvalue weighted by Gasteiger charge is -2.39. The second kappa shape index (κ2) is 11.9. The molecule has 8 nitrogen and oxygen atoms in total. The second-order valence-corrected chi connectivity index (χ2v) is 10.5. The standard InChI is InChI=1S/C28H44N2O6/c1-6-10-11-19-35-26(34)22-21-24(32)30(17-12-18-31)23(28(21)15-14-27(22,9-4)36-28)25(33)29(16-8-3)20(5)13-7-2/h6,8,20-23,31H,1,3,7,9-19H2,2,4-5H3/t20?,21-,22+,23?,27-,28?/m0/s1. The zero-order valence-corrected chi connectivity index (χ0v) is 22.2. The Bertz CT molecular complexity index is 846. The first-order valence-electron chi connectivity index (χ1n) is 13.6. The minimum atomic E-state index is -1.07. The molecular formula is C28H44N2O6. The first-order valence-corrected chi connectivity index (χ1v) is 13.6. The van der Waals surface area contributed by atoms with Gasteiger partial charge in [-0.2, -0.15) is 0 Å². The van der Waals surface area contributed by atoms with Gasteiger partial charge in [0.15, 0.2) is 0 Å². The van der Waals surface area contributed by atoms with Crippen molar-refractivity contribution >= 4 is 17.8 Å². The summed E-state index contributed by atoms with van der Waals surface area (Å²) in [6.07, 6.45) is 8.68. The molecule has 0 aliphatic carbocycles. The largest absolute Gasteiger partial charge is 0.465 e. The van der Waals surface area contributed by atoms with Crippen LogP contribution in [0.4, 0.5) is 0 Å². The monoisotopic (exact) mass is 504 g/mol. The quantitative estimate of drug-likeness (QED) is 0.209. The summed E-state index contributed by atoms with van der Waals surface area (Å²) in [7, 11) is 0. The number of rotatable bonds is 15. The van der Waals surface area contributed by atoms with Crippen LogP contribution in [-0.4, -0.2) is 82.3 Å². The van der Waals surface area contributed by atoms with E-state index < -0.39 is 35.0 Å². The number of allylic oxidation sites excluding steroid dienone is 1. The zero-order chi connectivity index (χ0) is 26.5. The van der Waals surface area contributed by atoms with Crippen LogP contribution >= 0.6 is 0 Å². The van der Waals surface area contributed by atoms with Crippen LogP contribution in [0, 0.1) is 11.8 Å². The number of likely N-dealkylation sites (tertiary alicyclic amines) is 1. The summed E-state index contributed by atoms with van der Waals surface area (Å²) >= 11 is 0. The van der Waals surface area contributed by atoms with Gasteiger partial charge in [0.1, 0.15) is 17.6 Å². The number of fused-ring (bicyclic) bond motifs is 1. The Morgan fingerprint density at radius 1 is 1.28 bits per heavy atom. The highest BCUT2D eigenvalue weighted by molar-refractivity contribution is 5.98. The number of amides is 2. The Kier molecular flexibility index (Phi) is 9.39. The topological polar surface area (TPSA) is 96.4 Å². The molecule has 202 valence electrons. The zero-order valence-electron chi connectivity index (χ0n) is 22.2. The van der Waals surface area contributed by atoms with E-state index in [1.807, 2.05) is 13.8 Å². The lowest BCUT2D eigenvalue weighted by molar-refractivity contribution is -0.162.